The predicted molar refractivity (Wildman–Crippen MR) is 125 cm³/mol. The third-order valence-corrected chi connectivity index (χ3v) is 6.04. The average Bonchev–Trinajstić information content (AvgIpc) is 2.80. The molecule has 2 aromatic carbocycles. The molecule has 2 aliphatic heterocycles. The largest absolute Gasteiger partial charge is 0.378 e. The van der Waals surface area contributed by atoms with Crippen LogP contribution in [0, 0.1) is 0 Å². The molecule has 0 spiro atoms. The molecule has 3 N–H and O–H groups in total. The highest BCUT2D eigenvalue weighted by atomic mass is 16.2. The van der Waals surface area contributed by atoms with E-state index in [9.17, 15) is 9.59 Å². The van der Waals surface area contributed by atoms with E-state index in [0.717, 1.165) is 55.2 Å². The van der Waals surface area contributed by atoms with Gasteiger partial charge in [0, 0.05) is 55.7 Å². The zero-order valence-electron chi connectivity index (χ0n) is 18.2. The molecular formula is C24H31N5O2. The maximum atomic E-state index is 12.5. The second-order valence-corrected chi connectivity index (χ2v) is 8.20. The first kappa shape index (κ1) is 21.2. The van der Waals surface area contributed by atoms with E-state index in [-0.39, 0.29) is 24.0 Å². The van der Waals surface area contributed by atoms with Crippen LogP contribution in [0.1, 0.15) is 38.3 Å². The van der Waals surface area contributed by atoms with Crippen molar-refractivity contribution in [2.45, 2.75) is 38.8 Å². The Morgan fingerprint density at radius 2 is 1.71 bits per heavy atom. The lowest BCUT2D eigenvalue weighted by Gasteiger charge is -2.40. The molecular weight excluding hydrogens is 390 g/mol. The van der Waals surface area contributed by atoms with Gasteiger partial charge in [-0.25, -0.2) is 4.79 Å². The minimum absolute atomic E-state index is 0.0575. The Hall–Kier alpha value is -3.06. The minimum atomic E-state index is -0.0575. The van der Waals surface area contributed by atoms with Crippen molar-refractivity contribution in [2.24, 2.45) is 0 Å². The van der Waals surface area contributed by atoms with Crippen molar-refractivity contribution in [1.82, 2.24) is 10.2 Å². The van der Waals surface area contributed by atoms with Crippen molar-refractivity contribution < 1.29 is 9.59 Å². The van der Waals surface area contributed by atoms with E-state index in [4.69, 9.17) is 0 Å². The number of hydrogen-bond donors (Lipinski definition) is 3. The van der Waals surface area contributed by atoms with E-state index in [1.54, 1.807) is 0 Å². The third-order valence-electron chi connectivity index (χ3n) is 6.04. The Morgan fingerprint density at radius 3 is 2.42 bits per heavy atom. The summed E-state index contributed by atoms with van der Waals surface area (Å²) in [5.41, 5.74) is 3.90. The molecule has 2 atom stereocenters. The van der Waals surface area contributed by atoms with E-state index >= 15 is 0 Å². The van der Waals surface area contributed by atoms with Crippen LogP contribution in [0.2, 0.25) is 0 Å². The first-order chi connectivity index (χ1) is 15.1. The molecule has 2 heterocycles. The lowest BCUT2D eigenvalue weighted by atomic mass is 9.91. The van der Waals surface area contributed by atoms with Crippen LogP contribution in [0.3, 0.4) is 0 Å². The van der Waals surface area contributed by atoms with Crippen molar-refractivity contribution in [3.63, 3.8) is 0 Å². The van der Waals surface area contributed by atoms with Crippen molar-refractivity contribution in [2.75, 3.05) is 41.7 Å². The Balaban J connectivity index is 1.45. The minimum Gasteiger partial charge on any atom is -0.378 e. The topological polar surface area (TPSA) is 76.7 Å². The molecule has 4 rings (SSSR count). The van der Waals surface area contributed by atoms with Crippen LogP contribution < -0.4 is 20.9 Å². The summed E-state index contributed by atoms with van der Waals surface area (Å²) in [7, 11) is 0. The van der Waals surface area contributed by atoms with Crippen LogP contribution in [0.4, 0.5) is 21.9 Å². The molecule has 164 valence electrons. The first-order valence-corrected chi connectivity index (χ1v) is 11.1. The van der Waals surface area contributed by atoms with Crippen molar-refractivity contribution in [1.29, 1.82) is 0 Å². The number of rotatable bonds is 4. The number of anilines is 3. The zero-order chi connectivity index (χ0) is 21.8. The summed E-state index contributed by atoms with van der Waals surface area (Å²) in [6.07, 6.45) is 1.34. The Bertz CT molecular complexity index is 924. The van der Waals surface area contributed by atoms with Gasteiger partial charge in [0.25, 0.3) is 0 Å². The van der Waals surface area contributed by atoms with Crippen LogP contribution in [-0.2, 0) is 4.79 Å². The molecule has 0 bridgehead atoms. The Morgan fingerprint density at radius 1 is 1.03 bits per heavy atom. The fraction of sp³-hybridized carbons (Fsp3) is 0.417. The SMILES string of the molecule is CCC(=O)N1c2ccccc2[C@H](Nc2ccc(NC(=O)N3CCNCC3)cc2)C[C@@H]1C. The fourth-order valence-electron chi connectivity index (χ4n) is 4.42. The van der Waals surface area contributed by atoms with Gasteiger partial charge < -0.3 is 25.8 Å². The summed E-state index contributed by atoms with van der Waals surface area (Å²) in [5.74, 6) is 0.156. The molecule has 2 aromatic rings. The number of para-hydroxylation sites is 1. The zero-order valence-corrected chi connectivity index (χ0v) is 18.2. The van der Waals surface area contributed by atoms with E-state index in [1.807, 2.05) is 59.2 Å². The number of piperazine rings is 1. The fourth-order valence-corrected chi connectivity index (χ4v) is 4.42. The van der Waals surface area contributed by atoms with Gasteiger partial charge in [-0.3, -0.25) is 4.79 Å². The van der Waals surface area contributed by atoms with Gasteiger partial charge in [-0.2, -0.15) is 0 Å². The lowest BCUT2D eigenvalue weighted by molar-refractivity contribution is -0.118. The lowest BCUT2D eigenvalue weighted by Crippen LogP contribution is -2.48. The number of carbonyl (C=O) groups excluding carboxylic acids is 2. The summed E-state index contributed by atoms with van der Waals surface area (Å²) in [4.78, 5) is 28.7. The Labute approximate surface area is 183 Å². The quantitative estimate of drug-likeness (QED) is 0.702. The summed E-state index contributed by atoms with van der Waals surface area (Å²) in [6, 6.07) is 16.1. The highest BCUT2D eigenvalue weighted by Crippen LogP contribution is 2.39. The maximum Gasteiger partial charge on any atom is 0.321 e. The number of nitrogens with one attached hydrogen (secondary N) is 3. The third kappa shape index (κ3) is 4.66. The van der Waals surface area contributed by atoms with E-state index < -0.39 is 0 Å². The van der Waals surface area contributed by atoms with Crippen LogP contribution in [0.15, 0.2) is 48.5 Å². The van der Waals surface area contributed by atoms with Crippen molar-refractivity contribution in [3.05, 3.63) is 54.1 Å². The van der Waals surface area contributed by atoms with Gasteiger partial charge in [-0.05, 0) is 49.2 Å². The van der Waals surface area contributed by atoms with Gasteiger partial charge in [0.05, 0.1) is 6.04 Å². The number of fused-ring (bicyclic) bond motifs is 1. The van der Waals surface area contributed by atoms with Crippen LogP contribution in [-0.4, -0.2) is 49.1 Å². The smallest absolute Gasteiger partial charge is 0.321 e. The van der Waals surface area contributed by atoms with Gasteiger partial charge in [0.2, 0.25) is 5.91 Å². The molecule has 0 unspecified atom stereocenters. The van der Waals surface area contributed by atoms with Crippen molar-refractivity contribution >= 4 is 29.0 Å². The van der Waals surface area contributed by atoms with Crippen LogP contribution in [0.25, 0.3) is 0 Å². The van der Waals surface area contributed by atoms with Gasteiger partial charge in [0.1, 0.15) is 0 Å². The van der Waals surface area contributed by atoms with Gasteiger partial charge in [0.15, 0.2) is 0 Å². The number of hydrogen-bond acceptors (Lipinski definition) is 4. The molecule has 1 fully saturated rings. The van der Waals surface area contributed by atoms with Gasteiger partial charge in [-0.1, -0.05) is 25.1 Å². The Kier molecular flexibility index (Phi) is 6.42. The van der Waals surface area contributed by atoms with Gasteiger partial charge >= 0.3 is 6.03 Å². The molecule has 0 saturated carbocycles. The van der Waals surface area contributed by atoms with E-state index in [0.29, 0.717) is 6.42 Å². The highest BCUT2D eigenvalue weighted by Gasteiger charge is 2.32. The van der Waals surface area contributed by atoms with E-state index in [1.165, 1.54) is 0 Å². The maximum absolute atomic E-state index is 12.5. The second kappa shape index (κ2) is 9.39. The normalized spacial score (nSPS) is 20.7. The molecule has 1 saturated heterocycles. The van der Waals surface area contributed by atoms with Crippen LogP contribution in [0.5, 0.6) is 0 Å². The van der Waals surface area contributed by atoms with Crippen LogP contribution >= 0.6 is 0 Å². The summed E-state index contributed by atoms with van der Waals surface area (Å²) < 4.78 is 0. The van der Waals surface area contributed by atoms with Gasteiger partial charge in [-0.15, -0.1) is 0 Å². The standard InChI is InChI=1S/C24H31N5O2/c1-3-23(30)29-17(2)16-21(20-6-4-5-7-22(20)29)26-18-8-10-19(11-9-18)27-24(31)28-14-12-25-13-15-28/h4-11,17,21,25-26H,3,12-16H2,1-2H3,(H,27,31)/t17-,21+/m0/s1. The first-order valence-electron chi connectivity index (χ1n) is 11.1. The average molecular weight is 422 g/mol. The number of benzene rings is 2. The summed E-state index contributed by atoms with van der Waals surface area (Å²) in [6.45, 7) is 7.12. The predicted octanol–water partition coefficient (Wildman–Crippen LogP) is 3.81. The van der Waals surface area contributed by atoms with E-state index in [2.05, 4.69) is 28.9 Å². The number of amides is 3. The molecule has 0 aromatic heterocycles. The second-order valence-electron chi connectivity index (χ2n) is 8.20. The number of nitrogens with zero attached hydrogens (tertiary/aromatic N) is 2. The monoisotopic (exact) mass is 421 g/mol. The van der Waals surface area contributed by atoms with Crippen molar-refractivity contribution in [3.8, 4) is 0 Å². The number of urea groups is 1. The highest BCUT2D eigenvalue weighted by molar-refractivity contribution is 5.95. The molecule has 3 amide bonds. The number of carbonyl (C=O) groups is 2. The summed E-state index contributed by atoms with van der Waals surface area (Å²) >= 11 is 0. The molecule has 0 aliphatic carbocycles. The molecule has 2 aliphatic rings. The summed E-state index contributed by atoms with van der Waals surface area (Å²) in [5, 5.41) is 9.85. The molecule has 0 radical (unpaired) electrons. The molecule has 31 heavy (non-hydrogen) atoms. The molecule has 7 nitrogen and oxygen atoms in total. The molecule has 7 heteroatoms.